The van der Waals surface area contributed by atoms with E-state index in [-0.39, 0.29) is 6.09 Å². The highest BCUT2D eigenvalue weighted by Gasteiger charge is 2.59. The number of cyclic esters (lactones) is 1. The lowest BCUT2D eigenvalue weighted by Gasteiger charge is -2.40. The number of aromatic amines is 1. The average Bonchev–Trinajstić information content (AvgIpc) is 2.77. The molecule has 1 N–H and O–H groups in total. The first-order chi connectivity index (χ1) is 10.3. The maximum atomic E-state index is 12.4. The van der Waals surface area contributed by atoms with E-state index in [0.29, 0.717) is 6.54 Å². The van der Waals surface area contributed by atoms with Crippen molar-refractivity contribution in [2.45, 2.75) is 45.3 Å². The first-order valence-corrected chi connectivity index (χ1v) is 8.37. The largest absolute Gasteiger partial charge is 0.440 e. The molecule has 5 heteroatoms. The molecule has 2 aliphatic heterocycles. The highest BCUT2D eigenvalue weighted by atomic mass is 79.9. The van der Waals surface area contributed by atoms with Gasteiger partial charge in [0.25, 0.3) is 0 Å². The van der Waals surface area contributed by atoms with Crippen molar-refractivity contribution in [3.05, 3.63) is 33.4 Å². The molecule has 2 aromatic rings. The van der Waals surface area contributed by atoms with Gasteiger partial charge < -0.3 is 9.72 Å². The number of amides is 1. The fourth-order valence-corrected chi connectivity index (χ4v) is 4.50. The van der Waals surface area contributed by atoms with E-state index in [1.165, 1.54) is 22.2 Å². The van der Waals surface area contributed by atoms with Gasteiger partial charge in [-0.3, -0.25) is 4.90 Å². The van der Waals surface area contributed by atoms with Crippen molar-refractivity contribution in [3.8, 4) is 0 Å². The predicted octanol–water partition coefficient (Wildman–Crippen LogP) is 4.24. The smallest absolute Gasteiger partial charge is 0.411 e. The third-order valence-corrected chi connectivity index (χ3v) is 6.27. The Morgan fingerprint density at radius 2 is 2.05 bits per heavy atom. The third kappa shape index (κ3) is 1.45. The summed E-state index contributed by atoms with van der Waals surface area (Å²) in [6, 6.07) is 4.19. The molecule has 0 bridgehead atoms. The summed E-state index contributed by atoms with van der Waals surface area (Å²) in [6.07, 6.45) is 0.631. The molecule has 3 heterocycles. The summed E-state index contributed by atoms with van der Waals surface area (Å²) in [5.74, 6) is 0. The lowest BCUT2D eigenvalue weighted by atomic mass is 9.76. The zero-order chi connectivity index (χ0) is 15.9. The molecule has 4 nitrogen and oxygen atoms in total. The third-order valence-electron chi connectivity index (χ3n) is 5.61. The maximum Gasteiger partial charge on any atom is 0.411 e. The van der Waals surface area contributed by atoms with E-state index in [2.05, 4.69) is 46.9 Å². The molecular weight excluding hydrogens is 344 g/mol. The number of hydrogen-bond acceptors (Lipinski definition) is 2. The van der Waals surface area contributed by atoms with Crippen molar-refractivity contribution in [3.63, 3.8) is 0 Å². The van der Waals surface area contributed by atoms with Gasteiger partial charge in [-0.2, -0.15) is 0 Å². The van der Waals surface area contributed by atoms with E-state index in [1.807, 2.05) is 18.7 Å². The molecule has 1 fully saturated rings. The standard InChI is InChI=1S/C17H19BrN2O2/c1-9-10-7-8-20-15(21)22-16(2,3)17(20,4)11-5-6-12(18)14(19-9)13(10)11/h5-6,19H,7-8H2,1-4H3/t17-/m1/s1. The molecule has 0 spiro atoms. The Balaban J connectivity index is 2.14. The number of carbonyl (C=O) groups is 1. The summed E-state index contributed by atoms with van der Waals surface area (Å²) in [6.45, 7) is 8.91. The fourth-order valence-electron chi connectivity index (χ4n) is 4.07. The molecule has 116 valence electrons. The number of hydrogen-bond donors (Lipinski definition) is 1. The normalized spacial score (nSPS) is 26.0. The van der Waals surface area contributed by atoms with Crippen molar-refractivity contribution in [2.24, 2.45) is 0 Å². The van der Waals surface area contributed by atoms with Crippen LogP contribution in [0.1, 0.15) is 37.6 Å². The molecule has 0 unspecified atom stereocenters. The van der Waals surface area contributed by atoms with Gasteiger partial charge in [-0.05, 0) is 67.2 Å². The van der Waals surface area contributed by atoms with Crippen LogP contribution in [-0.2, 0) is 16.7 Å². The van der Waals surface area contributed by atoms with Gasteiger partial charge in [0.05, 0.1) is 5.52 Å². The van der Waals surface area contributed by atoms with Gasteiger partial charge in [-0.1, -0.05) is 6.07 Å². The number of aryl methyl sites for hydroxylation is 1. The minimum absolute atomic E-state index is 0.213. The Morgan fingerprint density at radius 3 is 2.77 bits per heavy atom. The van der Waals surface area contributed by atoms with Crippen molar-refractivity contribution >= 4 is 32.9 Å². The van der Waals surface area contributed by atoms with Gasteiger partial charge in [-0.25, -0.2) is 4.79 Å². The van der Waals surface area contributed by atoms with Gasteiger partial charge in [-0.15, -0.1) is 0 Å². The van der Waals surface area contributed by atoms with E-state index >= 15 is 0 Å². The second-order valence-corrected chi connectivity index (χ2v) is 7.78. The molecule has 0 radical (unpaired) electrons. The van der Waals surface area contributed by atoms with Crippen LogP contribution in [0.2, 0.25) is 0 Å². The Bertz CT molecular complexity index is 824. The topological polar surface area (TPSA) is 45.3 Å². The lowest BCUT2D eigenvalue weighted by Crippen LogP contribution is -2.50. The highest BCUT2D eigenvalue weighted by Crippen LogP contribution is 2.51. The summed E-state index contributed by atoms with van der Waals surface area (Å²) < 4.78 is 6.76. The van der Waals surface area contributed by atoms with Gasteiger partial charge >= 0.3 is 6.09 Å². The van der Waals surface area contributed by atoms with Crippen molar-refractivity contribution in [1.82, 2.24) is 9.88 Å². The van der Waals surface area contributed by atoms with E-state index in [4.69, 9.17) is 4.74 Å². The van der Waals surface area contributed by atoms with Crippen molar-refractivity contribution in [2.75, 3.05) is 6.54 Å². The molecule has 22 heavy (non-hydrogen) atoms. The second-order valence-electron chi connectivity index (χ2n) is 6.93. The second kappa shape index (κ2) is 4.07. The number of halogens is 1. The Morgan fingerprint density at radius 1 is 1.32 bits per heavy atom. The zero-order valence-corrected chi connectivity index (χ0v) is 14.8. The number of rotatable bonds is 0. The van der Waals surface area contributed by atoms with Crippen LogP contribution in [0.5, 0.6) is 0 Å². The summed E-state index contributed by atoms with van der Waals surface area (Å²) in [5, 5.41) is 1.24. The maximum absolute atomic E-state index is 12.4. The minimum Gasteiger partial charge on any atom is -0.440 e. The van der Waals surface area contributed by atoms with E-state index < -0.39 is 11.1 Å². The molecule has 0 aliphatic carbocycles. The summed E-state index contributed by atoms with van der Waals surface area (Å²) in [5.41, 5.74) is 3.73. The predicted molar refractivity (Wildman–Crippen MR) is 89.1 cm³/mol. The summed E-state index contributed by atoms with van der Waals surface area (Å²) in [7, 11) is 0. The molecule has 2 aliphatic rings. The minimum atomic E-state index is -0.572. The zero-order valence-electron chi connectivity index (χ0n) is 13.2. The Kier molecular flexibility index (Phi) is 2.62. The van der Waals surface area contributed by atoms with Crippen LogP contribution < -0.4 is 0 Å². The molecule has 1 atom stereocenters. The summed E-state index contributed by atoms with van der Waals surface area (Å²) in [4.78, 5) is 17.8. The van der Waals surface area contributed by atoms with Crippen LogP contribution in [0.3, 0.4) is 0 Å². The van der Waals surface area contributed by atoms with Crippen LogP contribution in [0.25, 0.3) is 10.9 Å². The number of H-pyrrole nitrogens is 1. The highest BCUT2D eigenvalue weighted by molar-refractivity contribution is 9.10. The van der Waals surface area contributed by atoms with E-state index in [1.54, 1.807) is 0 Å². The first-order valence-electron chi connectivity index (χ1n) is 7.58. The number of ether oxygens (including phenoxy) is 1. The van der Waals surface area contributed by atoms with Gasteiger partial charge in [0.1, 0.15) is 11.1 Å². The molecule has 4 rings (SSSR count). The number of carbonyl (C=O) groups excluding carboxylic acids is 1. The monoisotopic (exact) mass is 362 g/mol. The van der Waals surface area contributed by atoms with Crippen LogP contribution in [0.15, 0.2) is 16.6 Å². The Hall–Kier alpha value is -1.49. The molecular formula is C17H19BrN2O2. The first kappa shape index (κ1) is 14.1. The number of nitrogens with zero attached hydrogens (tertiary/aromatic N) is 1. The number of aromatic nitrogens is 1. The van der Waals surface area contributed by atoms with E-state index in [0.717, 1.165) is 16.4 Å². The molecule has 1 saturated heterocycles. The van der Waals surface area contributed by atoms with Crippen molar-refractivity contribution in [1.29, 1.82) is 0 Å². The van der Waals surface area contributed by atoms with E-state index in [9.17, 15) is 4.79 Å². The molecule has 1 aromatic carbocycles. The van der Waals surface area contributed by atoms with Crippen LogP contribution >= 0.6 is 15.9 Å². The Labute approximate surface area is 137 Å². The van der Waals surface area contributed by atoms with Gasteiger partial charge in [0.2, 0.25) is 0 Å². The van der Waals surface area contributed by atoms with Crippen LogP contribution in [-0.4, -0.2) is 28.1 Å². The lowest BCUT2D eigenvalue weighted by molar-refractivity contribution is 0.0242. The summed E-state index contributed by atoms with van der Waals surface area (Å²) >= 11 is 3.64. The average molecular weight is 363 g/mol. The number of nitrogens with one attached hydrogen (secondary N) is 1. The van der Waals surface area contributed by atoms with Crippen LogP contribution in [0.4, 0.5) is 4.79 Å². The quantitative estimate of drug-likeness (QED) is 0.761. The van der Waals surface area contributed by atoms with Gasteiger partial charge in [0, 0.05) is 22.1 Å². The SMILES string of the molecule is Cc1[nH]c2c(Br)ccc3c2c1CCN1C(=O)OC(C)(C)[C@@]31C. The molecule has 0 saturated carbocycles. The fraction of sp³-hybridized carbons (Fsp3) is 0.471. The molecule has 1 amide bonds. The van der Waals surface area contributed by atoms with Crippen LogP contribution in [0, 0.1) is 6.92 Å². The van der Waals surface area contributed by atoms with Crippen molar-refractivity contribution < 1.29 is 9.53 Å². The molecule has 1 aromatic heterocycles. The van der Waals surface area contributed by atoms with Gasteiger partial charge in [0.15, 0.2) is 0 Å². The number of fused-ring (bicyclic) bond motifs is 2. The number of benzene rings is 1.